The molecule has 1 aromatic heterocycles. The molecule has 0 saturated heterocycles. The van der Waals surface area contributed by atoms with Crippen LogP contribution >= 0.6 is 11.3 Å². The Hall–Kier alpha value is -2.02. The summed E-state index contributed by atoms with van der Waals surface area (Å²) in [5.74, 6) is 0. The summed E-state index contributed by atoms with van der Waals surface area (Å²) in [5, 5.41) is 23.7. The third kappa shape index (κ3) is 3.85. The number of hydrogen-bond donors (Lipinski definition) is 0. The van der Waals surface area contributed by atoms with Gasteiger partial charge in [0.05, 0.1) is 9.85 Å². The first-order valence-corrected chi connectivity index (χ1v) is 8.62. The summed E-state index contributed by atoms with van der Waals surface area (Å²) in [5.41, 5.74) is -0.856. The number of thiophene rings is 1. The molecule has 124 valence electrons. The minimum Gasteiger partial charge on any atom is -0.258 e. The van der Waals surface area contributed by atoms with Crippen molar-refractivity contribution in [1.82, 2.24) is 0 Å². The van der Waals surface area contributed by atoms with Crippen molar-refractivity contribution in [3.63, 3.8) is 0 Å². The fourth-order valence-electron chi connectivity index (χ4n) is 2.76. The number of benzene rings is 1. The molecule has 0 fully saturated rings. The Kier molecular flexibility index (Phi) is 5.65. The van der Waals surface area contributed by atoms with Crippen molar-refractivity contribution in [2.75, 3.05) is 0 Å². The van der Waals surface area contributed by atoms with Gasteiger partial charge < -0.3 is 0 Å². The SMILES string of the molecule is CCCCCCCc1sc(C)c2cc([N+](=O)[O-])c([N+](=O)[O-])cc12. The van der Waals surface area contributed by atoms with Crippen LogP contribution in [0.4, 0.5) is 11.4 Å². The van der Waals surface area contributed by atoms with Crippen LogP contribution < -0.4 is 0 Å². The Morgan fingerprint density at radius 2 is 1.52 bits per heavy atom. The van der Waals surface area contributed by atoms with Gasteiger partial charge in [0.25, 0.3) is 0 Å². The van der Waals surface area contributed by atoms with Crippen molar-refractivity contribution >= 4 is 33.5 Å². The number of unbranched alkanes of at least 4 members (excludes halogenated alkanes) is 4. The second kappa shape index (κ2) is 7.50. The molecule has 6 nitrogen and oxygen atoms in total. The monoisotopic (exact) mass is 336 g/mol. The number of nitro benzene ring substituents is 2. The van der Waals surface area contributed by atoms with E-state index in [-0.39, 0.29) is 0 Å². The lowest BCUT2D eigenvalue weighted by Gasteiger charge is -2.01. The first kappa shape index (κ1) is 17.3. The van der Waals surface area contributed by atoms with Crippen LogP contribution in [0.2, 0.25) is 0 Å². The summed E-state index contributed by atoms with van der Waals surface area (Å²) in [7, 11) is 0. The lowest BCUT2D eigenvalue weighted by atomic mass is 10.1. The molecule has 7 heteroatoms. The predicted molar refractivity (Wildman–Crippen MR) is 92.3 cm³/mol. The molecule has 0 radical (unpaired) electrons. The Bertz CT molecular complexity index is 739. The van der Waals surface area contributed by atoms with E-state index in [0.29, 0.717) is 0 Å². The third-order valence-electron chi connectivity index (χ3n) is 3.97. The molecule has 1 heterocycles. The second-order valence-electron chi connectivity index (χ2n) is 5.65. The highest BCUT2D eigenvalue weighted by molar-refractivity contribution is 7.13. The molecule has 0 aliphatic carbocycles. The topological polar surface area (TPSA) is 86.3 Å². The van der Waals surface area contributed by atoms with Gasteiger partial charge in [-0.15, -0.1) is 11.3 Å². The molecule has 2 aromatic rings. The minimum absolute atomic E-state index is 0.424. The Morgan fingerprint density at radius 3 is 2.09 bits per heavy atom. The average molecular weight is 336 g/mol. The van der Waals surface area contributed by atoms with Gasteiger partial charge in [-0.05, 0) is 19.8 Å². The fourth-order valence-corrected chi connectivity index (χ4v) is 3.93. The lowest BCUT2D eigenvalue weighted by molar-refractivity contribution is -0.422. The summed E-state index contributed by atoms with van der Waals surface area (Å²) >= 11 is 1.59. The lowest BCUT2D eigenvalue weighted by Crippen LogP contribution is -1.96. The summed E-state index contributed by atoms with van der Waals surface area (Å²) in [4.78, 5) is 22.9. The van der Waals surface area contributed by atoms with E-state index in [2.05, 4.69) is 6.92 Å². The van der Waals surface area contributed by atoms with Crippen LogP contribution in [0.3, 0.4) is 0 Å². The molecule has 0 atom stereocenters. The van der Waals surface area contributed by atoms with Gasteiger partial charge in [-0.3, -0.25) is 20.2 Å². The van der Waals surface area contributed by atoms with Gasteiger partial charge in [-0.1, -0.05) is 32.6 Å². The van der Waals surface area contributed by atoms with E-state index in [9.17, 15) is 20.2 Å². The normalized spacial score (nSPS) is 11.0. The van der Waals surface area contributed by atoms with Crippen LogP contribution in [0.5, 0.6) is 0 Å². The molecule has 0 bridgehead atoms. The van der Waals surface area contributed by atoms with E-state index in [1.165, 1.54) is 31.4 Å². The number of fused-ring (bicyclic) bond motifs is 1. The summed E-state index contributed by atoms with van der Waals surface area (Å²) in [6, 6.07) is 2.72. The zero-order valence-corrected chi connectivity index (χ0v) is 14.1. The summed E-state index contributed by atoms with van der Waals surface area (Å²) in [6.07, 6.45) is 6.66. The molecular weight excluding hydrogens is 316 g/mol. The molecule has 0 N–H and O–H groups in total. The van der Waals surface area contributed by atoms with Crippen molar-refractivity contribution in [1.29, 1.82) is 0 Å². The number of aryl methyl sites for hydroxylation is 2. The molecule has 1 aromatic carbocycles. The van der Waals surface area contributed by atoms with Gasteiger partial charge in [0.1, 0.15) is 0 Å². The minimum atomic E-state index is -0.681. The molecule has 2 rings (SSSR count). The molecule has 0 amide bonds. The van der Waals surface area contributed by atoms with Gasteiger partial charge in [-0.25, -0.2) is 0 Å². The van der Waals surface area contributed by atoms with Crippen LogP contribution in [0.25, 0.3) is 10.8 Å². The molecular formula is C16H20N2O4S. The molecule has 0 saturated carbocycles. The Morgan fingerprint density at radius 1 is 0.957 bits per heavy atom. The van der Waals surface area contributed by atoms with Gasteiger partial charge in [0, 0.05) is 32.7 Å². The fraction of sp³-hybridized carbons (Fsp3) is 0.500. The number of hydrogen-bond acceptors (Lipinski definition) is 5. The molecule has 0 aliphatic rings. The van der Waals surface area contributed by atoms with Gasteiger partial charge >= 0.3 is 11.4 Å². The highest BCUT2D eigenvalue weighted by Crippen LogP contribution is 2.39. The molecule has 23 heavy (non-hydrogen) atoms. The first-order valence-electron chi connectivity index (χ1n) is 7.80. The van der Waals surface area contributed by atoms with E-state index in [4.69, 9.17) is 0 Å². The first-order chi connectivity index (χ1) is 11.0. The van der Waals surface area contributed by atoms with Crippen LogP contribution in [-0.2, 0) is 6.42 Å². The summed E-state index contributed by atoms with van der Waals surface area (Å²) < 4.78 is 0. The highest BCUT2D eigenvalue weighted by atomic mass is 32.1. The van der Waals surface area contributed by atoms with Crippen LogP contribution in [0.15, 0.2) is 12.1 Å². The maximum Gasteiger partial charge on any atom is 0.346 e. The van der Waals surface area contributed by atoms with Gasteiger partial charge in [0.2, 0.25) is 0 Å². The molecule has 0 unspecified atom stereocenters. The number of nitro groups is 2. The summed E-state index contributed by atoms with van der Waals surface area (Å²) in [6.45, 7) is 4.07. The maximum absolute atomic E-state index is 11.1. The van der Waals surface area contributed by atoms with Crippen LogP contribution in [0.1, 0.15) is 48.8 Å². The van der Waals surface area contributed by atoms with E-state index in [1.54, 1.807) is 11.3 Å². The van der Waals surface area contributed by atoms with Crippen molar-refractivity contribution in [2.24, 2.45) is 0 Å². The second-order valence-corrected chi connectivity index (χ2v) is 6.96. The van der Waals surface area contributed by atoms with Crippen LogP contribution in [0, 0.1) is 27.2 Å². The zero-order chi connectivity index (χ0) is 17.0. The van der Waals surface area contributed by atoms with E-state index in [0.717, 1.165) is 39.8 Å². The van der Waals surface area contributed by atoms with Crippen molar-refractivity contribution in [3.05, 3.63) is 42.1 Å². The van der Waals surface area contributed by atoms with Crippen molar-refractivity contribution in [3.8, 4) is 0 Å². The van der Waals surface area contributed by atoms with Crippen molar-refractivity contribution in [2.45, 2.75) is 52.4 Å². The highest BCUT2D eigenvalue weighted by Gasteiger charge is 2.26. The van der Waals surface area contributed by atoms with Gasteiger partial charge in [0.15, 0.2) is 0 Å². The maximum atomic E-state index is 11.1. The number of rotatable bonds is 8. The van der Waals surface area contributed by atoms with Gasteiger partial charge in [-0.2, -0.15) is 0 Å². The standard InChI is InChI=1S/C16H20N2O4S/c1-3-4-5-6-7-8-16-13-10-15(18(21)22)14(17(19)20)9-12(13)11(2)23-16/h9-10H,3-8H2,1-2H3. The van der Waals surface area contributed by atoms with E-state index < -0.39 is 21.2 Å². The quantitative estimate of drug-likeness (QED) is 0.360. The predicted octanol–water partition coefficient (Wildman–Crippen LogP) is 5.54. The Balaban J connectivity index is 2.34. The Labute approximate surface area is 138 Å². The largest absolute Gasteiger partial charge is 0.346 e. The zero-order valence-electron chi connectivity index (χ0n) is 13.3. The van der Waals surface area contributed by atoms with Crippen molar-refractivity contribution < 1.29 is 9.85 Å². The van der Waals surface area contributed by atoms with E-state index >= 15 is 0 Å². The van der Waals surface area contributed by atoms with E-state index in [1.807, 2.05) is 6.92 Å². The number of nitrogens with zero attached hydrogens (tertiary/aromatic N) is 2. The average Bonchev–Trinajstić information content (AvgIpc) is 2.81. The third-order valence-corrected chi connectivity index (χ3v) is 5.17. The smallest absolute Gasteiger partial charge is 0.258 e. The van der Waals surface area contributed by atoms with Crippen LogP contribution in [-0.4, -0.2) is 9.85 Å². The molecule has 0 aliphatic heterocycles. The molecule has 0 spiro atoms.